The van der Waals surface area contributed by atoms with Crippen LogP contribution in [0.4, 0.5) is 11.4 Å². The quantitative estimate of drug-likeness (QED) is 0.622. The molecule has 1 aliphatic heterocycles. The molecule has 0 aromatic heterocycles. The van der Waals surface area contributed by atoms with Crippen LogP contribution < -0.4 is 25.4 Å². The second-order valence-electron chi connectivity index (χ2n) is 7.13. The van der Waals surface area contributed by atoms with Crippen molar-refractivity contribution in [2.24, 2.45) is 5.92 Å². The Labute approximate surface area is 182 Å². The van der Waals surface area contributed by atoms with E-state index in [2.05, 4.69) is 22.9 Å². The average molecular weight is 434 g/mol. The van der Waals surface area contributed by atoms with Crippen LogP contribution in [0.15, 0.2) is 48.5 Å². The topological polar surface area (TPSA) is 88.7 Å². The normalized spacial score (nSPS) is 17.9. The first-order valence-electron chi connectivity index (χ1n) is 9.75. The Balaban J connectivity index is 0.00000320. The smallest absolute Gasteiger partial charge is 0.262 e. The molecule has 0 saturated carbocycles. The molecule has 0 aliphatic carbocycles. The van der Waals surface area contributed by atoms with Gasteiger partial charge in [0.15, 0.2) is 18.1 Å². The molecule has 0 unspecified atom stereocenters. The Morgan fingerprint density at radius 2 is 1.77 bits per heavy atom. The molecular formula is C22H28ClN3O4. The average Bonchev–Trinajstić information content (AvgIpc) is 2.72. The van der Waals surface area contributed by atoms with Gasteiger partial charge < -0.3 is 25.4 Å². The van der Waals surface area contributed by atoms with Crippen LogP contribution in [0, 0.1) is 5.92 Å². The molecule has 1 fully saturated rings. The van der Waals surface area contributed by atoms with Crippen molar-refractivity contribution in [2.75, 3.05) is 30.9 Å². The van der Waals surface area contributed by atoms with Crippen molar-refractivity contribution in [3.05, 3.63) is 48.5 Å². The Morgan fingerprint density at radius 1 is 1.07 bits per heavy atom. The molecule has 8 heteroatoms. The number of rotatable bonds is 7. The molecule has 1 aliphatic rings. The molecule has 2 aromatic rings. The first-order valence-corrected chi connectivity index (χ1v) is 9.75. The Kier molecular flexibility index (Phi) is 8.95. The number of nitrogens with one attached hydrogen (secondary N) is 3. The van der Waals surface area contributed by atoms with Crippen LogP contribution >= 0.6 is 12.4 Å². The van der Waals surface area contributed by atoms with Crippen molar-refractivity contribution in [3.63, 3.8) is 0 Å². The highest BCUT2D eigenvalue weighted by molar-refractivity contribution is 5.95. The number of anilines is 2. The van der Waals surface area contributed by atoms with Gasteiger partial charge in [0.05, 0.1) is 7.11 Å². The molecule has 162 valence electrons. The van der Waals surface area contributed by atoms with Gasteiger partial charge in [-0.3, -0.25) is 9.59 Å². The van der Waals surface area contributed by atoms with Gasteiger partial charge in [-0.25, -0.2) is 0 Å². The number of hydrogen-bond acceptors (Lipinski definition) is 5. The van der Waals surface area contributed by atoms with Crippen molar-refractivity contribution in [1.29, 1.82) is 0 Å². The summed E-state index contributed by atoms with van der Waals surface area (Å²) in [5, 5.41) is 9.08. The number of para-hydroxylation sites is 2. The van der Waals surface area contributed by atoms with Crippen LogP contribution in [0.1, 0.15) is 19.8 Å². The van der Waals surface area contributed by atoms with Gasteiger partial charge in [0.1, 0.15) is 0 Å². The van der Waals surface area contributed by atoms with E-state index in [1.165, 1.54) is 0 Å². The van der Waals surface area contributed by atoms with Crippen LogP contribution in [-0.4, -0.2) is 38.1 Å². The maximum Gasteiger partial charge on any atom is 0.262 e. The first kappa shape index (κ1) is 23.5. The fraction of sp³-hybridized carbons (Fsp3) is 0.364. The first-order chi connectivity index (χ1) is 14.0. The van der Waals surface area contributed by atoms with Crippen LogP contribution in [0.2, 0.25) is 0 Å². The van der Waals surface area contributed by atoms with Crippen molar-refractivity contribution in [1.82, 2.24) is 5.32 Å². The minimum Gasteiger partial charge on any atom is -0.493 e. The lowest BCUT2D eigenvalue weighted by Crippen LogP contribution is -2.40. The number of carbonyl (C=O) groups is 2. The van der Waals surface area contributed by atoms with Gasteiger partial charge in [0.25, 0.3) is 5.91 Å². The number of carbonyl (C=O) groups excluding carboxylic acids is 2. The number of halogens is 1. The minimum absolute atomic E-state index is 0. The third-order valence-electron chi connectivity index (χ3n) is 4.84. The summed E-state index contributed by atoms with van der Waals surface area (Å²) < 4.78 is 10.7. The zero-order chi connectivity index (χ0) is 20.6. The van der Waals surface area contributed by atoms with Gasteiger partial charge >= 0.3 is 0 Å². The van der Waals surface area contributed by atoms with E-state index in [-0.39, 0.29) is 36.7 Å². The summed E-state index contributed by atoms with van der Waals surface area (Å²) in [4.78, 5) is 24.7. The molecule has 1 heterocycles. The third kappa shape index (κ3) is 6.64. The molecule has 2 aromatic carbocycles. The highest BCUT2D eigenvalue weighted by Gasteiger charge is 2.24. The number of piperidine rings is 1. The summed E-state index contributed by atoms with van der Waals surface area (Å²) in [6, 6.07) is 14.6. The van der Waals surface area contributed by atoms with Crippen LogP contribution in [0.25, 0.3) is 0 Å². The van der Waals surface area contributed by atoms with E-state index < -0.39 is 0 Å². The van der Waals surface area contributed by atoms with E-state index in [1.54, 1.807) is 37.4 Å². The molecule has 3 rings (SSSR count). The Bertz CT molecular complexity index is 862. The van der Waals surface area contributed by atoms with E-state index in [9.17, 15) is 9.59 Å². The molecule has 1 saturated heterocycles. The molecule has 3 N–H and O–H groups in total. The van der Waals surface area contributed by atoms with Crippen LogP contribution in [-0.2, 0) is 9.59 Å². The summed E-state index contributed by atoms with van der Waals surface area (Å²) in [5.74, 6) is 0.784. The van der Waals surface area contributed by atoms with E-state index in [4.69, 9.17) is 9.47 Å². The Hall–Kier alpha value is -2.77. The minimum atomic E-state index is -0.299. The maximum absolute atomic E-state index is 12.5. The maximum atomic E-state index is 12.5. The van der Waals surface area contributed by atoms with E-state index in [1.807, 2.05) is 18.2 Å². The number of amides is 2. The van der Waals surface area contributed by atoms with Crippen molar-refractivity contribution < 1.29 is 19.1 Å². The number of benzene rings is 2. The fourth-order valence-corrected chi connectivity index (χ4v) is 3.37. The predicted molar refractivity (Wildman–Crippen MR) is 120 cm³/mol. The van der Waals surface area contributed by atoms with Gasteiger partial charge in [0, 0.05) is 23.3 Å². The summed E-state index contributed by atoms with van der Waals surface area (Å²) in [7, 11) is 1.55. The highest BCUT2D eigenvalue weighted by Crippen LogP contribution is 2.26. The molecular weight excluding hydrogens is 406 g/mol. The standard InChI is InChI=1S/C22H27N3O4.ClH/c1-15-12-16(10-11-23-15)22(27)25-18-7-5-6-17(13-18)24-21(26)14-29-20-9-4-3-8-19(20)28-2;/h3-9,13,15-16,23H,10-12,14H2,1-2H3,(H,24,26)(H,25,27);1H/t15-,16-;/m0./s1. The van der Waals surface area contributed by atoms with Gasteiger partial charge in [-0.2, -0.15) is 0 Å². The van der Waals surface area contributed by atoms with Crippen molar-refractivity contribution in [3.8, 4) is 11.5 Å². The molecule has 0 bridgehead atoms. The third-order valence-corrected chi connectivity index (χ3v) is 4.84. The number of hydrogen-bond donors (Lipinski definition) is 3. The molecule has 7 nitrogen and oxygen atoms in total. The lowest BCUT2D eigenvalue weighted by atomic mass is 9.92. The van der Waals surface area contributed by atoms with E-state index in [0.29, 0.717) is 28.9 Å². The van der Waals surface area contributed by atoms with Crippen molar-refractivity contribution in [2.45, 2.75) is 25.8 Å². The monoisotopic (exact) mass is 433 g/mol. The van der Waals surface area contributed by atoms with Gasteiger partial charge in [-0.15, -0.1) is 12.4 Å². The molecule has 0 radical (unpaired) electrons. The van der Waals surface area contributed by atoms with Crippen LogP contribution in [0.5, 0.6) is 11.5 Å². The lowest BCUT2D eigenvalue weighted by molar-refractivity contribution is -0.121. The molecule has 2 amide bonds. The van der Waals surface area contributed by atoms with Gasteiger partial charge in [-0.1, -0.05) is 18.2 Å². The van der Waals surface area contributed by atoms with Gasteiger partial charge in [0.2, 0.25) is 5.91 Å². The van der Waals surface area contributed by atoms with E-state index >= 15 is 0 Å². The second-order valence-corrected chi connectivity index (χ2v) is 7.13. The molecule has 0 spiro atoms. The highest BCUT2D eigenvalue weighted by atomic mass is 35.5. The molecule has 2 atom stereocenters. The summed E-state index contributed by atoms with van der Waals surface area (Å²) >= 11 is 0. The lowest BCUT2D eigenvalue weighted by Gasteiger charge is -2.27. The van der Waals surface area contributed by atoms with E-state index in [0.717, 1.165) is 19.4 Å². The Morgan fingerprint density at radius 3 is 2.47 bits per heavy atom. The fourth-order valence-electron chi connectivity index (χ4n) is 3.37. The van der Waals surface area contributed by atoms with Crippen molar-refractivity contribution >= 4 is 35.6 Å². The summed E-state index contributed by atoms with van der Waals surface area (Å²) in [6.45, 7) is 2.79. The number of ether oxygens (including phenoxy) is 2. The van der Waals surface area contributed by atoms with Crippen LogP contribution in [0.3, 0.4) is 0 Å². The largest absolute Gasteiger partial charge is 0.493 e. The SMILES string of the molecule is COc1ccccc1OCC(=O)Nc1cccc(NC(=O)[C@H]2CCN[C@@H](C)C2)c1.Cl. The summed E-state index contributed by atoms with van der Waals surface area (Å²) in [6.07, 6.45) is 1.65. The predicted octanol–water partition coefficient (Wildman–Crippen LogP) is 3.46. The summed E-state index contributed by atoms with van der Waals surface area (Å²) in [5.41, 5.74) is 1.25. The molecule has 30 heavy (non-hydrogen) atoms. The van der Waals surface area contributed by atoms with Gasteiger partial charge in [-0.05, 0) is 56.6 Å². The zero-order valence-electron chi connectivity index (χ0n) is 17.1. The zero-order valence-corrected chi connectivity index (χ0v) is 18.0. The second kappa shape index (κ2) is 11.4. The number of methoxy groups -OCH3 is 1.